The zero-order valence-electron chi connectivity index (χ0n) is 8.11. The van der Waals surface area contributed by atoms with Crippen molar-refractivity contribution in [1.82, 2.24) is 14.8 Å². The summed E-state index contributed by atoms with van der Waals surface area (Å²) in [5, 5.41) is 8.88. The Morgan fingerprint density at radius 1 is 1.13 bits per heavy atom. The van der Waals surface area contributed by atoms with Crippen LogP contribution in [-0.4, -0.2) is 14.8 Å². The molecule has 0 amide bonds. The van der Waals surface area contributed by atoms with Gasteiger partial charge in [0.25, 0.3) is 0 Å². The molecule has 0 bridgehead atoms. The third kappa shape index (κ3) is 1.98. The molecule has 0 aliphatic carbocycles. The van der Waals surface area contributed by atoms with Crippen molar-refractivity contribution in [3.05, 3.63) is 40.4 Å². The van der Waals surface area contributed by atoms with E-state index in [1.807, 2.05) is 31.2 Å². The predicted octanol–water partition coefficient (Wildman–Crippen LogP) is 3.14. The maximum absolute atomic E-state index is 5.95. The molecule has 0 N–H and O–H groups in total. The summed E-state index contributed by atoms with van der Waals surface area (Å²) in [6, 6.07) is 7.40. The van der Waals surface area contributed by atoms with Crippen molar-refractivity contribution in [2.75, 3.05) is 0 Å². The van der Waals surface area contributed by atoms with E-state index in [0.717, 1.165) is 17.9 Å². The molecule has 0 aliphatic rings. The normalized spacial score (nSPS) is 10.6. The maximum Gasteiger partial charge on any atom is 0.229 e. The minimum absolute atomic E-state index is 0.370. The summed E-state index contributed by atoms with van der Waals surface area (Å²) in [6.45, 7) is 2.01. The van der Waals surface area contributed by atoms with Gasteiger partial charge < -0.3 is 0 Å². The summed E-state index contributed by atoms with van der Waals surface area (Å²) in [4.78, 5) is 0. The number of rotatable bonds is 2. The van der Waals surface area contributed by atoms with Gasteiger partial charge in [0.05, 0.1) is 0 Å². The Balaban J connectivity index is 2.52. The molecule has 0 spiro atoms. The fourth-order valence-electron chi connectivity index (χ4n) is 1.37. The molecular weight excluding hydrogens is 233 g/mol. The lowest BCUT2D eigenvalue weighted by atomic mass is 10.3. The number of hydrogen-bond acceptors (Lipinski definition) is 2. The van der Waals surface area contributed by atoms with E-state index in [0.29, 0.717) is 10.3 Å². The molecule has 0 radical (unpaired) electrons. The van der Waals surface area contributed by atoms with Crippen molar-refractivity contribution in [3.8, 4) is 5.69 Å². The van der Waals surface area contributed by atoms with E-state index in [1.165, 1.54) is 0 Å². The van der Waals surface area contributed by atoms with Gasteiger partial charge in [-0.2, -0.15) is 0 Å². The highest BCUT2D eigenvalue weighted by atomic mass is 35.5. The molecule has 1 aromatic carbocycles. The molecule has 0 atom stereocenters. The fourth-order valence-corrected chi connectivity index (χ4v) is 1.73. The standard InChI is InChI=1S/C10H9Cl2N3/c1-2-9-13-14-10(12)15(9)8-5-3-7(11)4-6-8/h3-6H,2H2,1H3. The van der Waals surface area contributed by atoms with Gasteiger partial charge in [-0.3, -0.25) is 4.57 Å². The Hall–Kier alpha value is -1.06. The van der Waals surface area contributed by atoms with Gasteiger partial charge >= 0.3 is 0 Å². The summed E-state index contributed by atoms with van der Waals surface area (Å²) in [6.07, 6.45) is 0.780. The summed E-state index contributed by atoms with van der Waals surface area (Å²) < 4.78 is 1.80. The summed E-state index contributed by atoms with van der Waals surface area (Å²) >= 11 is 11.8. The molecule has 2 rings (SSSR count). The molecule has 0 unspecified atom stereocenters. The first-order chi connectivity index (χ1) is 7.22. The van der Waals surface area contributed by atoms with Crippen LogP contribution in [0, 0.1) is 0 Å². The van der Waals surface area contributed by atoms with Gasteiger partial charge in [-0.05, 0) is 35.9 Å². The average molecular weight is 242 g/mol. The third-order valence-corrected chi connectivity index (χ3v) is 2.59. The Morgan fingerprint density at radius 2 is 1.80 bits per heavy atom. The molecule has 0 aliphatic heterocycles. The minimum atomic E-state index is 0.370. The van der Waals surface area contributed by atoms with Gasteiger partial charge in [0, 0.05) is 17.1 Å². The van der Waals surface area contributed by atoms with E-state index >= 15 is 0 Å². The number of nitrogens with zero attached hydrogens (tertiary/aromatic N) is 3. The molecule has 2 aromatic rings. The van der Waals surface area contributed by atoms with Crippen LogP contribution in [0.25, 0.3) is 5.69 Å². The van der Waals surface area contributed by atoms with Crippen molar-refractivity contribution in [2.45, 2.75) is 13.3 Å². The van der Waals surface area contributed by atoms with Crippen molar-refractivity contribution >= 4 is 23.2 Å². The molecule has 15 heavy (non-hydrogen) atoms. The first-order valence-electron chi connectivity index (χ1n) is 4.58. The van der Waals surface area contributed by atoms with Crippen molar-refractivity contribution in [2.24, 2.45) is 0 Å². The van der Waals surface area contributed by atoms with Crippen LogP contribution < -0.4 is 0 Å². The Bertz CT molecular complexity index is 462. The Kier molecular flexibility index (Phi) is 2.93. The van der Waals surface area contributed by atoms with Crippen LogP contribution in [0.15, 0.2) is 24.3 Å². The number of aryl methyl sites for hydroxylation is 1. The highest BCUT2D eigenvalue weighted by molar-refractivity contribution is 6.30. The lowest BCUT2D eigenvalue weighted by molar-refractivity contribution is 0.883. The largest absolute Gasteiger partial charge is 0.270 e. The van der Waals surface area contributed by atoms with Crippen molar-refractivity contribution in [1.29, 1.82) is 0 Å². The van der Waals surface area contributed by atoms with Crippen LogP contribution in [0.5, 0.6) is 0 Å². The van der Waals surface area contributed by atoms with Crippen LogP contribution >= 0.6 is 23.2 Å². The summed E-state index contributed by atoms with van der Waals surface area (Å²) in [7, 11) is 0. The van der Waals surface area contributed by atoms with Gasteiger partial charge in [0.1, 0.15) is 5.82 Å². The van der Waals surface area contributed by atoms with Crippen molar-refractivity contribution in [3.63, 3.8) is 0 Å². The zero-order valence-corrected chi connectivity index (χ0v) is 9.63. The van der Waals surface area contributed by atoms with E-state index in [-0.39, 0.29) is 0 Å². The van der Waals surface area contributed by atoms with Gasteiger partial charge in [0.15, 0.2) is 0 Å². The van der Waals surface area contributed by atoms with Gasteiger partial charge in [-0.1, -0.05) is 18.5 Å². The number of halogens is 2. The third-order valence-electron chi connectivity index (χ3n) is 2.09. The topological polar surface area (TPSA) is 30.7 Å². The first-order valence-corrected chi connectivity index (χ1v) is 5.33. The van der Waals surface area contributed by atoms with Crippen molar-refractivity contribution < 1.29 is 0 Å². The molecule has 0 saturated carbocycles. The van der Waals surface area contributed by atoms with Crippen LogP contribution in [0.3, 0.4) is 0 Å². The van der Waals surface area contributed by atoms with E-state index in [4.69, 9.17) is 23.2 Å². The van der Waals surface area contributed by atoms with Gasteiger partial charge in [0.2, 0.25) is 5.28 Å². The monoisotopic (exact) mass is 241 g/mol. The lowest BCUT2D eigenvalue weighted by Crippen LogP contribution is -1.99. The molecule has 0 saturated heterocycles. The molecule has 0 fully saturated rings. The summed E-state index contributed by atoms with van der Waals surface area (Å²) in [5.41, 5.74) is 0.922. The number of aromatic nitrogens is 3. The number of hydrogen-bond donors (Lipinski definition) is 0. The second kappa shape index (κ2) is 4.21. The van der Waals surface area contributed by atoms with Crippen LogP contribution in [0.1, 0.15) is 12.7 Å². The van der Waals surface area contributed by atoms with E-state index < -0.39 is 0 Å². The summed E-state index contributed by atoms with van der Waals surface area (Å²) in [5.74, 6) is 0.835. The second-order valence-corrected chi connectivity index (χ2v) is 3.83. The SMILES string of the molecule is CCc1nnc(Cl)n1-c1ccc(Cl)cc1. The van der Waals surface area contributed by atoms with Gasteiger partial charge in [-0.15, -0.1) is 10.2 Å². The maximum atomic E-state index is 5.95. The molecule has 5 heteroatoms. The van der Waals surface area contributed by atoms with Crippen LogP contribution in [0.2, 0.25) is 10.3 Å². The predicted molar refractivity (Wildman–Crippen MR) is 60.8 cm³/mol. The molecule has 1 aromatic heterocycles. The second-order valence-electron chi connectivity index (χ2n) is 3.05. The number of benzene rings is 1. The van der Waals surface area contributed by atoms with Gasteiger partial charge in [-0.25, -0.2) is 0 Å². The van der Waals surface area contributed by atoms with Crippen LogP contribution in [-0.2, 0) is 6.42 Å². The first kappa shape index (κ1) is 10.5. The smallest absolute Gasteiger partial charge is 0.229 e. The molecular formula is C10H9Cl2N3. The zero-order chi connectivity index (χ0) is 10.8. The quantitative estimate of drug-likeness (QED) is 0.809. The minimum Gasteiger partial charge on any atom is -0.270 e. The van der Waals surface area contributed by atoms with E-state index in [2.05, 4.69) is 10.2 Å². The highest BCUT2D eigenvalue weighted by Gasteiger charge is 2.09. The lowest BCUT2D eigenvalue weighted by Gasteiger charge is -2.05. The van der Waals surface area contributed by atoms with E-state index in [9.17, 15) is 0 Å². The Labute approximate surface area is 97.7 Å². The van der Waals surface area contributed by atoms with E-state index in [1.54, 1.807) is 4.57 Å². The average Bonchev–Trinajstić information content (AvgIpc) is 2.61. The molecule has 1 heterocycles. The molecule has 3 nitrogen and oxygen atoms in total. The van der Waals surface area contributed by atoms with Crippen LogP contribution in [0.4, 0.5) is 0 Å². The Morgan fingerprint density at radius 3 is 2.40 bits per heavy atom. The highest BCUT2D eigenvalue weighted by Crippen LogP contribution is 2.19. The fraction of sp³-hybridized carbons (Fsp3) is 0.200. The molecule has 78 valence electrons.